The Morgan fingerprint density at radius 1 is 1.08 bits per heavy atom. The maximum absolute atomic E-state index is 6.36. The van der Waals surface area contributed by atoms with Crippen molar-refractivity contribution in [1.82, 2.24) is 9.97 Å². The first-order valence-corrected chi connectivity index (χ1v) is 11.2. The molecule has 5 heteroatoms. The molecular formula is C21H30ClN3S. The van der Waals surface area contributed by atoms with Gasteiger partial charge in [-0.05, 0) is 80.9 Å². The normalized spacial score (nSPS) is 27.0. The average Bonchev–Trinajstić information content (AvgIpc) is 2.90. The molecule has 2 aromatic rings. The molecule has 1 aliphatic carbocycles. The van der Waals surface area contributed by atoms with Crippen LogP contribution < -0.4 is 4.90 Å². The van der Waals surface area contributed by atoms with Gasteiger partial charge in [0.05, 0.1) is 5.39 Å². The second kappa shape index (κ2) is 6.63. The van der Waals surface area contributed by atoms with E-state index in [2.05, 4.69) is 44.5 Å². The lowest BCUT2D eigenvalue weighted by Crippen LogP contribution is -2.44. The van der Waals surface area contributed by atoms with Gasteiger partial charge in [-0.15, -0.1) is 11.3 Å². The standard InChI is InChI=1S/C21H30ClN3S/c1-12-7-6-8-13(2)25(12)18-17-15-10-9-14(21(3,4)5)11-16(15)26-19(17)24-20(22)23-18/h12-14H,6-11H2,1-5H3. The molecule has 4 rings (SSSR count). The first-order chi connectivity index (χ1) is 12.3. The zero-order chi connectivity index (χ0) is 18.6. The van der Waals surface area contributed by atoms with Crippen LogP contribution in [0.15, 0.2) is 0 Å². The van der Waals surface area contributed by atoms with Crippen molar-refractivity contribution < 1.29 is 0 Å². The van der Waals surface area contributed by atoms with Gasteiger partial charge in [0.25, 0.3) is 0 Å². The zero-order valence-electron chi connectivity index (χ0n) is 16.6. The Morgan fingerprint density at radius 2 is 1.77 bits per heavy atom. The molecule has 26 heavy (non-hydrogen) atoms. The van der Waals surface area contributed by atoms with Crippen LogP contribution in [0.2, 0.25) is 5.28 Å². The molecule has 0 amide bonds. The van der Waals surface area contributed by atoms with Crippen molar-refractivity contribution in [2.45, 2.75) is 85.2 Å². The highest BCUT2D eigenvalue weighted by Gasteiger charge is 2.34. The molecule has 1 fully saturated rings. The fraction of sp³-hybridized carbons (Fsp3) is 0.714. The number of rotatable bonds is 1. The third-order valence-electron chi connectivity index (χ3n) is 6.53. The van der Waals surface area contributed by atoms with E-state index in [9.17, 15) is 0 Å². The molecule has 3 heterocycles. The van der Waals surface area contributed by atoms with Gasteiger partial charge in [-0.1, -0.05) is 20.8 Å². The second-order valence-corrected chi connectivity index (χ2v) is 10.8. The summed E-state index contributed by atoms with van der Waals surface area (Å²) in [4.78, 5) is 14.5. The fourth-order valence-electron chi connectivity index (χ4n) is 4.90. The molecule has 0 aromatic carbocycles. The molecule has 0 saturated carbocycles. The smallest absolute Gasteiger partial charge is 0.225 e. The van der Waals surface area contributed by atoms with Gasteiger partial charge in [-0.25, -0.2) is 4.98 Å². The molecular weight excluding hydrogens is 362 g/mol. The minimum absolute atomic E-state index is 0.357. The number of aryl methyl sites for hydroxylation is 1. The van der Waals surface area contributed by atoms with Crippen LogP contribution in [0.1, 0.15) is 70.7 Å². The number of halogens is 1. The van der Waals surface area contributed by atoms with Gasteiger partial charge in [-0.2, -0.15) is 4.98 Å². The summed E-state index contributed by atoms with van der Waals surface area (Å²) in [5.74, 6) is 1.83. The molecule has 3 nitrogen and oxygen atoms in total. The molecule has 3 atom stereocenters. The third-order valence-corrected chi connectivity index (χ3v) is 7.84. The summed E-state index contributed by atoms with van der Waals surface area (Å²) in [6.07, 6.45) is 7.33. The van der Waals surface area contributed by atoms with E-state index in [1.807, 2.05) is 11.3 Å². The minimum atomic E-state index is 0.357. The van der Waals surface area contributed by atoms with Gasteiger partial charge in [0.2, 0.25) is 5.28 Å². The predicted octanol–water partition coefficient (Wildman–Crippen LogP) is 6.26. The summed E-state index contributed by atoms with van der Waals surface area (Å²) in [6.45, 7) is 11.8. The molecule has 2 aliphatic rings. The Balaban J connectivity index is 1.84. The van der Waals surface area contributed by atoms with Crippen molar-refractivity contribution >= 4 is 39.0 Å². The molecule has 0 radical (unpaired) electrons. The van der Waals surface area contributed by atoms with Crippen molar-refractivity contribution in [1.29, 1.82) is 0 Å². The van der Waals surface area contributed by atoms with Gasteiger partial charge in [0.15, 0.2) is 0 Å². The van der Waals surface area contributed by atoms with Crippen LogP contribution in [0.5, 0.6) is 0 Å². The molecule has 3 unspecified atom stereocenters. The minimum Gasteiger partial charge on any atom is -0.351 e. The fourth-order valence-corrected chi connectivity index (χ4v) is 6.41. The number of piperidine rings is 1. The van der Waals surface area contributed by atoms with Crippen LogP contribution in [0.3, 0.4) is 0 Å². The van der Waals surface area contributed by atoms with E-state index in [0.29, 0.717) is 22.8 Å². The Labute approximate surface area is 166 Å². The van der Waals surface area contributed by atoms with E-state index in [1.54, 1.807) is 0 Å². The van der Waals surface area contributed by atoms with Crippen molar-refractivity contribution in [3.05, 3.63) is 15.7 Å². The summed E-state index contributed by atoms with van der Waals surface area (Å²) >= 11 is 8.21. The van der Waals surface area contributed by atoms with Crippen LogP contribution >= 0.6 is 22.9 Å². The van der Waals surface area contributed by atoms with Crippen LogP contribution in [-0.4, -0.2) is 22.1 Å². The number of hydrogen-bond acceptors (Lipinski definition) is 4. The zero-order valence-corrected chi connectivity index (χ0v) is 18.2. The summed E-state index contributed by atoms with van der Waals surface area (Å²) < 4.78 is 0. The van der Waals surface area contributed by atoms with E-state index < -0.39 is 0 Å². The Hall–Kier alpha value is -0.870. The highest BCUT2D eigenvalue weighted by molar-refractivity contribution is 7.19. The van der Waals surface area contributed by atoms with Crippen molar-refractivity contribution in [3.8, 4) is 0 Å². The van der Waals surface area contributed by atoms with E-state index >= 15 is 0 Å². The number of aromatic nitrogens is 2. The molecule has 1 aliphatic heterocycles. The monoisotopic (exact) mass is 391 g/mol. The molecule has 1 saturated heterocycles. The van der Waals surface area contributed by atoms with Gasteiger partial charge in [0.1, 0.15) is 10.6 Å². The number of nitrogens with zero attached hydrogens (tertiary/aromatic N) is 3. The largest absolute Gasteiger partial charge is 0.351 e. The third kappa shape index (κ3) is 3.13. The predicted molar refractivity (Wildman–Crippen MR) is 113 cm³/mol. The summed E-state index contributed by atoms with van der Waals surface area (Å²) in [5.41, 5.74) is 1.86. The summed E-state index contributed by atoms with van der Waals surface area (Å²) in [6, 6.07) is 1.02. The topological polar surface area (TPSA) is 29.0 Å². The SMILES string of the molecule is CC1CCCC(C)N1c1nc(Cl)nc2sc3c(c12)CCC(C(C)(C)C)C3. The van der Waals surface area contributed by atoms with Gasteiger partial charge >= 0.3 is 0 Å². The average molecular weight is 392 g/mol. The van der Waals surface area contributed by atoms with Crippen molar-refractivity contribution in [3.63, 3.8) is 0 Å². The first-order valence-electron chi connectivity index (χ1n) is 10.0. The van der Waals surface area contributed by atoms with E-state index in [1.165, 1.54) is 47.9 Å². The Bertz CT molecular complexity index is 813. The highest BCUT2D eigenvalue weighted by atomic mass is 35.5. The Kier molecular flexibility index (Phi) is 4.71. The van der Waals surface area contributed by atoms with E-state index in [-0.39, 0.29) is 0 Å². The van der Waals surface area contributed by atoms with Crippen molar-refractivity contribution in [2.75, 3.05) is 4.90 Å². The number of thiophene rings is 1. The molecule has 0 N–H and O–H groups in total. The van der Waals surface area contributed by atoms with Crippen LogP contribution in [0, 0.1) is 11.3 Å². The number of hydrogen-bond donors (Lipinski definition) is 0. The van der Waals surface area contributed by atoms with Crippen LogP contribution in [0.25, 0.3) is 10.2 Å². The lowest BCUT2D eigenvalue weighted by molar-refractivity contribution is 0.218. The first kappa shape index (κ1) is 18.5. The number of fused-ring (bicyclic) bond motifs is 3. The maximum atomic E-state index is 6.36. The molecule has 0 bridgehead atoms. The van der Waals surface area contributed by atoms with Crippen LogP contribution in [0.4, 0.5) is 5.82 Å². The highest BCUT2D eigenvalue weighted by Crippen LogP contribution is 2.46. The molecule has 142 valence electrons. The number of anilines is 1. The maximum Gasteiger partial charge on any atom is 0.225 e. The molecule has 2 aromatic heterocycles. The van der Waals surface area contributed by atoms with Crippen LogP contribution in [-0.2, 0) is 12.8 Å². The Morgan fingerprint density at radius 3 is 2.42 bits per heavy atom. The van der Waals surface area contributed by atoms with Gasteiger partial charge < -0.3 is 4.90 Å². The van der Waals surface area contributed by atoms with Gasteiger partial charge in [0, 0.05) is 17.0 Å². The lowest BCUT2D eigenvalue weighted by atomic mass is 9.72. The summed E-state index contributed by atoms with van der Waals surface area (Å²) in [5, 5.41) is 1.69. The second-order valence-electron chi connectivity index (χ2n) is 9.34. The quantitative estimate of drug-likeness (QED) is 0.537. The van der Waals surface area contributed by atoms with E-state index in [4.69, 9.17) is 16.6 Å². The summed E-state index contributed by atoms with van der Waals surface area (Å²) in [7, 11) is 0. The van der Waals surface area contributed by atoms with Gasteiger partial charge in [-0.3, -0.25) is 0 Å². The molecule has 0 spiro atoms. The lowest BCUT2D eigenvalue weighted by Gasteiger charge is -2.40. The van der Waals surface area contributed by atoms with Crippen molar-refractivity contribution in [2.24, 2.45) is 11.3 Å². The van der Waals surface area contributed by atoms with E-state index in [0.717, 1.165) is 23.0 Å².